The Kier molecular flexibility index (Phi) is 11.1. The predicted molar refractivity (Wildman–Crippen MR) is 239 cm³/mol. The normalized spacial score (nSPS) is 18.5. The molecule has 0 aliphatic carbocycles. The molecule has 6 N–H and O–H groups in total. The minimum Gasteiger partial charge on any atom is -0.507 e. The van der Waals surface area contributed by atoms with E-state index in [9.17, 15) is 30.6 Å². The first-order chi connectivity index (χ1) is 29.2. The van der Waals surface area contributed by atoms with Gasteiger partial charge in [0.05, 0.1) is 48.2 Å². The third-order valence-electron chi connectivity index (χ3n) is 12.8. The molecule has 2 saturated heterocycles. The minimum atomic E-state index is -0.410. The zero-order valence-corrected chi connectivity index (χ0v) is 35.9. The van der Waals surface area contributed by atoms with Crippen molar-refractivity contribution < 1.29 is 39.5 Å². The van der Waals surface area contributed by atoms with Gasteiger partial charge >= 0.3 is 0 Å². The van der Waals surface area contributed by atoms with Crippen LogP contribution in [0.15, 0.2) is 68.0 Å². The largest absolute Gasteiger partial charge is 0.507 e. The second-order valence-electron chi connectivity index (χ2n) is 17.5. The van der Waals surface area contributed by atoms with Crippen LogP contribution in [0, 0.1) is 13.8 Å². The molecule has 0 bridgehead atoms. The van der Waals surface area contributed by atoms with Gasteiger partial charge in [0.25, 0.3) is 0 Å². The first-order valence-electron chi connectivity index (χ1n) is 21.3. The van der Waals surface area contributed by atoms with Crippen molar-refractivity contribution in [3.8, 4) is 45.6 Å². The van der Waals surface area contributed by atoms with Crippen LogP contribution in [0.2, 0.25) is 0 Å². The second kappa shape index (κ2) is 16.3. The summed E-state index contributed by atoms with van der Waals surface area (Å²) in [6.07, 6.45) is 11.2. The number of hydrazone groups is 2. The van der Waals surface area contributed by atoms with E-state index in [4.69, 9.17) is 19.0 Å². The molecule has 2 aliphatic rings. The third-order valence-corrected chi connectivity index (χ3v) is 12.8. The van der Waals surface area contributed by atoms with E-state index >= 15 is 0 Å². The number of hydrogen-bond donors (Lipinski definition) is 6. The van der Waals surface area contributed by atoms with Gasteiger partial charge in [-0.2, -0.15) is 10.2 Å². The molecule has 12 heteroatoms. The number of aryl methyl sites for hydroxylation is 2. The highest BCUT2D eigenvalue weighted by molar-refractivity contribution is 6.15. The Balaban J connectivity index is 1.32. The lowest BCUT2D eigenvalue weighted by Gasteiger charge is -2.26. The number of rotatable bonds is 11. The lowest BCUT2D eigenvalue weighted by molar-refractivity contribution is 0.206. The van der Waals surface area contributed by atoms with Gasteiger partial charge in [-0.3, -0.25) is 10.0 Å². The van der Waals surface area contributed by atoms with Gasteiger partial charge in [0, 0.05) is 58.5 Å². The molecule has 0 unspecified atom stereocenters. The lowest BCUT2D eigenvalue weighted by atomic mass is 9.83. The second-order valence-corrected chi connectivity index (χ2v) is 17.5. The molecule has 320 valence electrons. The van der Waals surface area contributed by atoms with E-state index in [1.54, 1.807) is 12.5 Å². The van der Waals surface area contributed by atoms with E-state index in [0.717, 1.165) is 37.2 Å². The third kappa shape index (κ3) is 7.25. The lowest BCUT2D eigenvalue weighted by Crippen LogP contribution is -2.31. The van der Waals surface area contributed by atoms with Gasteiger partial charge in [-0.05, 0) is 104 Å². The number of fused-ring (bicyclic) bond motifs is 2. The molecule has 2 fully saturated rings. The Morgan fingerprint density at radius 3 is 1.62 bits per heavy atom. The van der Waals surface area contributed by atoms with Crippen LogP contribution in [0.4, 0.5) is 0 Å². The van der Waals surface area contributed by atoms with E-state index in [0.29, 0.717) is 63.5 Å². The molecule has 12 nitrogen and oxygen atoms in total. The number of benzene rings is 4. The molecule has 0 saturated carbocycles. The van der Waals surface area contributed by atoms with Crippen molar-refractivity contribution in [1.29, 1.82) is 0 Å². The fraction of sp³-hybridized carbons (Fsp3) is 0.388. The van der Waals surface area contributed by atoms with Crippen molar-refractivity contribution in [3.63, 3.8) is 0 Å². The number of phenolic OH excluding ortho intramolecular Hbond substituents is 6. The van der Waals surface area contributed by atoms with Crippen LogP contribution in [0.5, 0.6) is 34.5 Å². The van der Waals surface area contributed by atoms with Crippen molar-refractivity contribution in [2.45, 2.75) is 117 Å². The predicted octanol–water partition coefficient (Wildman–Crippen LogP) is 10.4. The summed E-state index contributed by atoms with van der Waals surface area (Å²) in [5.41, 5.74) is 3.02. The van der Waals surface area contributed by atoms with Crippen LogP contribution in [0.3, 0.4) is 0 Å². The first kappa shape index (κ1) is 41.4. The van der Waals surface area contributed by atoms with E-state index in [1.165, 1.54) is 12.4 Å². The zero-order chi connectivity index (χ0) is 43.4. The fourth-order valence-electron chi connectivity index (χ4n) is 9.84. The molecule has 4 aromatic carbocycles. The van der Waals surface area contributed by atoms with Crippen molar-refractivity contribution in [2.24, 2.45) is 10.2 Å². The first-order valence-corrected chi connectivity index (χ1v) is 21.3. The van der Waals surface area contributed by atoms with Gasteiger partial charge in [0.2, 0.25) is 0 Å². The van der Waals surface area contributed by atoms with Crippen LogP contribution in [0.1, 0.15) is 117 Å². The zero-order valence-electron chi connectivity index (χ0n) is 35.9. The summed E-state index contributed by atoms with van der Waals surface area (Å²) in [4.78, 5) is 0. The smallest absolute Gasteiger partial charge is 0.167 e. The Morgan fingerprint density at radius 2 is 1.15 bits per heavy atom. The Hall–Kier alpha value is -6.30. The maximum Gasteiger partial charge on any atom is 0.167 e. The highest BCUT2D eigenvalue weighted by Crippen LogP contribution is 2.54. The van der Waals surface area contributed by atoms with Gasteiger partial charge in [-0.25, -0.2) is 0 Å². The van der Waals surface area contributed by atoms with E-state index in [-0.39, 0.29) is 74.9 Å². The Bertz CT molecular complexity index is 2660. The Morgan fingerprint density at radius 1 is 0.656 bits per heavy atom. The standard InChI is InChI=1S/C49H56N4O8/c1-25(2)38-34-19-27(5)40(46(56)42(34)36(44(54)48(38)58)23-50-52-16-8-11-30(52)21-32-12-9-17-60-32)41-28(6)20-35-39(26(3)4)49(59)45(55)37(43(35)47(41)57)24-51-53-29(7)14-15-31(53)22-33-13-10-18-61-33/h9-10,12-13,17-20,23-26,29-31,54-59H,8,11,14-16,21-22H2,1-7H3/t29-,30+,31+/m1/s1. The molecule has 4 heterocycles. The van der Waals surface area contributed by atoms with Gasteiger partial charge < -0.3 is 39.5 Å². The molecule has 6 aromatic rings. The van der Waals surface area contributed by atoms with E-state index < -0.39 is 11.5 Å². The molecule has 0 spiro atoms. The highest BCUT2D eigenvalue weighted by Gasteiger charge is 2.33. The van der Waals surface area contributed by atoms with Crippen molar-refractivity contribution >= 4 is 34.0 Å². The molecular weight excluding hydrogens is 773 g/mol. The number of furan rings is 2. The fourth-order valence-corrected chi connectivity index (χ4v) is 9.84. The SMILES string of the molecule is Cc1cc2c(C(C)C)c(O)c(O)c(C=NN3CCC[C@H]3Cc3ccco3)c2c(O)c1-c1c(C)cc2c(C(C)C)c(O)c(O)c(C=NN3[C@H](Cc4ccco4)CC[C@H]3C)c2c1O. The van der Waals surface area contributed by atoms with Crippen LogP contribution in [-0.4, -0.2) is 77.8 Å². The van der Waals surface area contributed by atoms with Crippen molar-refractivity contribution in [1.82, 2.24) is 10.0 Å². The van der Waals surface area contributed by atoms with E-state index in [1.807, 2.05) is 88.0 Å². The Labute approximate surface area is 355 Å². The van der Waals surface area contributed by atoms with Crippen molar-refractivity contribution in [2.75, 3.05) is 6.54 Å². The molecule has 0 radical (unpaired) electrons. The van der Waals surface area contributed by atoms with Crippen LogP contribution in [-0.2, 0) is 12.8 Å². The summed E-state index contributed by atoms with van der Waals surface area (Å²) in [5, 5.41) is 87.0. The van der Waals surface area contributed by atoms with Gasteiger partial charge in [-0.1, -0.05) is 39.8 Å². The maximum absolute atomic E-state index is 12.6. The van der Waals surface area contributed by atoms with Crippen molar-refractivity contribution in [3.05, 3.63) is 93.8 Å². The van der Waals surface area contributed by atoms with Crippen LogP contribution in [0.25, 0.3) is 32.7 Å². The summed E-state index contributed by atoms with van der Waals surface area (Å²) < 4.78 is 11.3. The minimum absolute atomic E-state index is 0.0367. The molecule has 61 heavy (non-hydrogen) atoms. The highest BCUT2D eigenvalue weighted by atomic mass is 16.3. The molecular formula is C49H56N4O8. The quantitative estimate of drug-likeness (QED) is 0.0544. The monoisotopic (exact) mass is 828 g/mol. The number of phenols is 6. The average Bonchev–Trinajstić information content (AvgIpc) is 4.05. The molecule has 2 aliphatic heterocycles. The number of nitrogens with zero attached hydrogens (tertiary/aromatic N) is 4. The van der Waals surface area contributed by atoms with Gasteiger partial charge in [0.15, 0.2) is 23.0 Å². The summed E-state index contributed by atoms with van der Waals surface area (Å²) >= 11 is 0. The van der Waals surface area contributed by atoms with Gasteiger partial charge in [-0.15, -0.1) is 0 Å². The molecule has 0 amide bonds. The van der Waals surface area contributed by atoms with E-state index in [2.05, 4.69) is 6.92 Å². The van der Waals surface area contributed by atoms with Crippen LogP contribution >= 0.6 is 0 Å². The summed E-state index contributed by atoms with van der Waals surface area (Å²) in [5.74, 6) is -0.598. The summed E-state index contributed by atoms with van der Waals surface area (Å²) in [7, 11) is 0. The average molecular weight is 829 g/mol. The molecule has 3 atom stereocenters. The topological polar surface area (TPSA) is 179 Å². The van der Waals surface area contributed by atoms with Crippen LogP contribution < -0.4 is 0 Å². The van der Waals surface area contributed by atoms with Gasteiger partial charge in [0.1, 0.15) is 23.0 Å². The molecule has 8 rings (SSSR count). The number of aromatic hydroxyl groups is 6. The number of hydrogen-bond acceptors (Lipinski definition) is 12. The maximum atomic E-state index is 12.6. The summed E-state index contributed by atoms with van der Waals surface area (Å²) in [6, 6.07) is 11.5. The molecule has 2 aromatic heterocycles. The summed E-state index contributed by atoms with van der Waals surface area (Å²) in [6.45, 7) is 14.1.